The van der Waals surface area contributed by atoms with E-state index < -0.39 is 0 Å². The Morgan fingerprint density at radius 3 is 1.52 bits per heavy atom. The molecular weight excluding hydrogens is 416 g/mol. The lowest BCUT2D eigenvalue weighted by Crippen LogP contribution is -2.42. The monoisotopic (exact) mass is 450 g/mol. The molecular formula is C27H34N2S2. The third-order valence-electron chi connectivity index (χ3n) is 6.05. The SMILES string of the molecule is CC.CC.c1ccc2c3c(sc2c1)CN(CN1CCc2c(sc4ccccc24)C1)CC3. The number of thiophene rings is 2. The molecule has 6 rings (SSSR count). The van der Waals surface area contributed by atoms with Crippen molar-refractivity contribution in [3.8, 4) is 0 Å². The van der Waals surface area contributed by atoms with Crippen molar-refractivity contribution in [2.24, 2.45) is 0 Å². The fourth-order valence-corrected chi connectivity index (χ4v) is 7.32. The van der Waals surface area contributed by atoms with Gasteiger partial charge in [0.15, 0.2) is 0 Å². The molecule has 0 amide bonds. The first-order valence-electron chi connectivity index (χ1n) is 11.8. The van der Waals surface area contributed by atoms with Crippen molar-refractivity contribution in [3.05, 3.63) is 69.4 Å². The van der Waals surface area contributed by atoms with Gasteiger partial charge in [-0.2, -0.15) is 0 Å². The molecule has 0 spiro atoms. The second-order valence-corrected chi connectivity index (χ2v) is 10.0. The van der Waals surface area contributed by atoms with Crippen molar-refractivity contribution in [1.82, 2.24) is 9.80 Å². The zero-order valence-electron chi connectivity index (χ0n) is 19.3. The van der Waals surface area contributed by atoms with E-state index >= 15 is 0 Å². The molecule has 2 aromatic heterocycles. The minimum Gasteiger partial charge on any atom is -0.285 e. The molecule has 0 N–H and O–H groups in total. The van der Waals surface area contributed by atoms with Gasteiger partial charge >= 0.3 is 0 Å². The zero-order chi connectivity index (χ0) is 21.8. The first-order valence-corrected chi connectivity index (χ1v) is 13.4. The normalized spacial score (nSPS) is 16.1. The molecule has 2 nitrogen and oxygen atoms in total. The van der Waals surface area contributed by atoms with E-state index in [2.05, 4.69) is 58.3 Å². The smallest absolute Gasteiger partial charge is 0.0513 e. The highest BCUT2D eigenvalue weighted by Gasteiger charge is 2.25. The standard InChI is InChI=1S/C23H22N2S2.2C2H6/c1-3-7-20-16(5-1)18-9-11-24(13-22(18)26-20)15-25-12-10-19-17-6-2-4-8-21(17)27-23(19)14-25;2*1-2/h1-8H,9-15H2;2*1-2H3. The second kappa shape index (κ2) is 10.3. The van der Waals surface area contributed by atoms with Gasteiger partial charge in [-0.1, -0.05) is 64.1 Å². The van der Waals surface area contributed by atoms with Gasteiger partial charge in [-0.25, -0.2) is 0 Å². The van der Waals surface area contributed by atoms with Gasteiger partial charge in [-0.05, 0) is 46.9 Å². The highest BCUT2D eigenvalue weighted by molar-refractivity contribution is 7.19. The van der Waals surface area contributed by atoms with Gasteiger partial charge in [0.25, 0.3) is 0 Å². The molecule has 31 heavy (non-hydrogen) atoms. The molecule has 4 heteroatoms. The maximum atomic E-state index is 2.65. The molecule has 164 valence electrons. The molecule has 2 aliphatic heterocycles. The molecule has 0 aliphatic carbocycles. The average Bonchev–Trinajstić information content (AvgIpc) is 3.39. The summed E-state index contributed by atoms with van der Waals surface area (Å²) in [6.45, 7) is 13.7. The lowest BCUT2D eigenvalue weighted by molar-refractivity contribution is 0.112. The Morgan fingerprint density at radius 1 is 0.645 bits per heavy atom. The third kappa shape index (κ3) is 4.45. The van der Waals surface area contributed by atoms with E-state index in [1.54, 1.807) is 20.9 Å². The fraction of sp³-hybridized carbons (Fsp3) is 0.407. The van der Waals surface area contributed by atoms with Crippen LogP contribution in [0, 0.1) is 0 Å². The molecule has 0 radical (unpaired) electrons. The minimum absolute atomic E-state index is 1.10. The quantitative estimate of drug-likeness (QED) is 0.311. The number of hydrogen-bond acceptors (Lipinski definition) is 4. The summed E-state index contributed by atoms with van der Waals surface area (Å²) in [4.78, 5) is 8.47. The van der Waals surface area contributed by atoms with Crippen LogP contribution in [0.25, 0.3) is 20.2 Å². The molecule has 0 bridgehead atoms. The maximum absolute atomic E-state index is 2.65. The van der Waals surface area contributed by atoms with Crippen LogP contribution in [-0.2, 0) is 25.9 Å². The van der Waals surface area contributed by atoms with Gasteiger partial charge in [0.1, 0.15) is 0 Å². The Hall–Kier alpha value is -1.72. The Labute approximate surface area is 195 Å². The van der Waals surface area contributed by atoms with Gasteiger partial charge in [-0.15, -0.1) is 22.7 Å². The van der Waals surface area contributed by atoms with Crippen LogP contribution < -0.4 is 0 Å². The van der Waals surface area contributed by atoms with Crippen molar-refractivity contribution < 1.29 is 0 Å². The summed E-state index contributed by atoms with van der Waals surface area (Å²) in [5, 5.41) is 2.98. The van der Waals surface area contributed by atoms with Gasteiger partial charge in [-0.3, -0.25) is 9.80 Å². The lowest BCUT2D eigenvalue weighted by atomic mass is 10.0. The van der Waals surface area contributed by atoms with Gasteiger partial charge in [0, 0.05) is 45.3 Å². The molecule has 0 unspecified atom stereocenters. The topological polar surface area (TPSA) is 6.48 Å². The third-order valence-corrected chi connectivity index (χ3v) is 8.45. The zero-order valence-corrected chi connectivity index (χ0v) is 20.9. The second-order valence-electron chi connectivity index (χ2n) is 7.75. The molecule has 4 aromatic rings. The molecule has 0 atom stereocenters. The van der Waals surface area contributed by atoms with E-state index in [1.807, 2.05) is 50.4 Å². The predicted octanol–water partition coefficient (Wildman–Crippen LogP) is 7.54. The van der Waals surface area contributed by atoms with Crippen molar-refractivity contribution in [2.75, 3.05) is 19.8 Å². The average molecular weight is 451 g/mol. The number of hydrogen-bond donors (Lipinski definition) is 0. The van der Waals surface area contributed by atoms with Crippen molar-refractivity contribution in [1.29, 1.82) is 0 Å². The number of fused-ring (bicyclic) bond motifs is 6. The van der Waals surface area contributed by atoms with Crippen molar-refractivity contribution in [2.45, 2.75) is 53.6 Å². The van der Waals surface area contributed by atoms with E-state index in [-0.39, 0.29) is 0 Å². The molecule has 2 aliphatic rings. The largest absolute Gasteiger partial charge is 0.285 e. The number of nitrogens with zero attached hydrogens (tertiary/aromatic N) is 2. The summed E-state index contributed by atoms with van der Waals surface area (Å²) >= 11 is 4.00. The molecule has 0 fully saturated rings. The van der Waals surface area contributed by atoms with Crippen molar-refractivity contribution in [3.63, 3.8) is 0 Å². The maximum Gasteiger partial charge on any atom is 0.0513 e. The van der Waals surface area contributed by atoms with Crippen LogP contribution in [0.1, 0.15) is 48.6 Å². The summed E-state index contributed by atoms with van der Waals surface area (Å²) in [6, 6.07) is 17.8. The van der Waals surface area contributed by atoms with E-state index in [0.717, 1.165) is 19.8 Å². The molecule has 2 aromatic carbocycles. The van der Waals surface area contributed by atoms with Gasteiger partial charge < -0.3 is 0 Å². The summed E-state index contributed by atoms with van der Waals surface area (Å²) in [7, 11) is 0. The summed E-state index contributed by atoms with van der Waals surface area (Å²) < 4.78 is 2.91. The highest BCUT2D eigenvalue weighted by atomic mass is 32.1. The Balaban J connectivity index is 0.000000549. The number of rotatable bonds is 2. The van der Waals surface area contributed by atoms with Gasteiger partial charge in [0.2, 0.25) is 0 Å². The fourth-order valence-electron chi connectivity index (χ4n) is 4.73. The first kappa shape index (κ1) is 22.5. The first-order chi connectivity index (χ1) is 15.3. The Kier molecular flexibility index (Phi) is 7.44. The Morgan fingerprint density at radius 2 is 1.06 bits per heavy atom. The van der Waals surface area contributed by atoms with Crippen LogP contribution in [0.15, 0.2) is 48.5 Å². The summed E-state index contributed by atoms with van der Waals surface area (Å²) in [5.74, 6) is 0. The van der Waals surface area contributed by atoms with Crippen LogP contribution in [0.3, 0.4) is 0 Å². The molecule has 0 saturated carbocycles. The Bertz CT molecular complexity index is 1050. The van der Waals surface area contributed by atoms with Crippen LogP contribution in [0.2, 0.25) is 0 Å². The van der Waals surface area contributed by atoms with E-state index in [0.29, 0.717) is 0 Å². The number of benzene rings is 2. The lowest BCUT2D eigenvalue weighted by Gasteiger charge is -2.34. The van der Waals surface area contributed by atoms with E-state index in [4.69, 9.17) is 0 Å². The highest BCUT2D eigenvalue weighted by Crippen LogP contribution is 2.37. The van der Waals surface area contributed by atoms with Gasteiger partial charge in [0.05, 0.1) is 6.67 Å². The molecule has 0 saturated heterocycles. The van der Waals surface area contributed by atoms with Crippen LogP contribution >= 0.6 is 22.7 Å². The van der Waals surface area contributed by atoms with Crippen LogP contribution in [-0.4, -0.2) is 29.6 Å². The summed E-state index contributed by atoms with van der Waals surface area (Å²) in [5.41, 5.74) is 3.22. The van der Waals surface area contributed by atoms with E-state index in [9.17, 15) is 0 Å². The van der Waals surface area contributed by atoms with E-state index in [1.165, 1.54) is 46.1 Å². The van der Waals surface area contributed by atoms with Crippen LogP contribution in [0.5, 0.6) is 0 Å². The van der Waals surface area contributed by atoms with Crippen molar-refractivity contribution >= 4 is 42.8 Å². The molecule has 4 heterocycles. The summed E-state index contributed by atoms with van der Waals surface area (Å²) in [6.07, 6.45) is 2.39. The predicted molar refractivity (Wildman–Crippen MR) is 139 cm³/mol. The minimum atomic E-state index is 1.10. The van der Waals surface area contributed by atoms with Crippen LogP contribution in [0.4, 0.5) is 0 Å².